The molecule has 0 aromatic heterocycles. The molecule has 0 aliphatic rings. The zero-order valence-electron chi connectivity index (χ0n) is 47.5. The second kappa shape index (κ2) is 55.2. The summed E-state index contributed by atoms with van der Waals surface area (Å²) in [4.78, 5) is 59.9. The molecule has 0 aromatic rings. The molecule has 0 radical (unpaired) electrons. The number of hydrogen-bond acceptors (Lipinski definition) is 12. The number of rotatable bonds is 53. The fourth-order valence-electron chi connectivity index (χ4n) is 8.71. The summed E-state index contributed by atoms with van der Waals surface area (Å²) in [5, 5.41) is 11.2. The Labute approximate surface area is 463 Å². The Morgan fingerprint density at radius 3 is 1.32 bits per heavy atom. The molecule has 15 heteroatoms. The summed E-state index contributed by atoms with van der Waals surface area (Å²) in [7, 11) is 1.24. The first kappa shape index (κ1) is 81.8. The van der Waals surface area contributed by atoms with Crippen LogP contribution in [0.25, 0.3) is 0 Å². The van der Waals surface area contributed by atoms with Gasteiger partial charge in [0.05, 0.1) is 46.9 Å². The van der Waals surface area contributed by atoms with Crippen LogP contribution >= 0.6 is 7.82 Å². The average molecular weight is 1100 g/mol. The molecule has 1 N–H and O–H groups in total. The van der Waals surface area contributed by atoms with Crippen LogP contribution in [0.5, 0.6) is 0 Å². The van der Waals surface area contributed by atoms with Gasteiger partial charge in [0.25, 0.3) is 0 Å². The molecule has 14 nitrogen and oxygen atoms in total. The van der Waals surface area contributed by atoms with Crippen LogP contribution in [-0.2, 0) is 51.7 Å². The van der Waals surface area contributed by atoms with E-state index in [0.29, 0.717) is 30.3 Å². The van der Waals surface area contributed by atoms with Crippen molar-refractivity contribution in [2.45, 2.75) is 287 Å². The number of hydrogen-bond donors (Lipinski definition) is 1. The smallest absolute Gasteiger partial charge is 0.472 e. The largest absolute Gasteiger partial charge is 0.550 e. The van der Waals surface area contributed by atoms with E-state index in [4.69, 9.17) is 28.0 Å². The third kappa shape index (κ3) is 57.9. The van der Waals surface area contributed by atoms with Gasteiger partial charge in [0, 0.05) is 38.3 Å². The number of aliphatic carboxylic acids is 1. The lowest BCUT2D eigenvalue weighted by atomic mass is 9.98. The van der Waals surface area contributed by atoms with Crippen molar-refractivity contribution in [2.75, 3.05) is 60.7 Å². The number of ether oxygens (including phenoxy) is 4. The molecule has 0 fully saturated rings. The molecule has 0 bridgehead atoms. The first-order valence-electron chi connectivity index (χ1n) is 28.7. The number of carboxylic acids is 1. The Balaban J connectivity index is -0.00000408. The van der Waals surface area contributed by atoms with Crippen molar-refractivity contribution in [1.29, 1.82) is 0 Å². The molecule has 5 atom stereocenters. The third-order valence-corrected chi connectivity index (χ3v) is 13.8. The highest BCUT2D eigenvalue weighted by Gasteiger charge is 2.27. The van der Waals surface area contributed by atoms with E-state index in [0.717, 1.165) is 38.5 Å². The van der Waals surface area contributed by atoms with E-state index < -0.39 is 56.4 Å². The van der Waals surface area contributed by atoms with Gasteiger partial charge < -0.3 is 45.7 Å². The summed E-state index contributed by atoms with van der Waals surface area (Å²) in [5.41, 5.74) is 0. The van der Waals surface area contributed by atoms with Crippen LogP contribution in [0.4, 0.5) is 0 Å². The molecule has 0 aliphatic carbocycles. The van der Waals surface area contributed by atoms with E-state index in [1.807, 2.05) is 28.1 Å². The SMILES string of the molecule is C.C.C.CCCCCCCCCCCCCCCCCC(=O)OC[C@H](COP(=O)(O)OCCCOC(=O)C(C)CC(C)COC(CC(=O)[O-])C[N+](C)(C)C)OC(=O)CCCCCCCCCCCCCCCCC.[CH3-]. The molecular formula is C60H123NO13P-. The number of carbonyl (C=O) groups excluding carboxylic acids is 4. The summed E-state index contributed by atoms with van der Waals surface area (Å²) < 4.78 is 46.0. The minimum atomic E-state index is -4.61. The molecule has 0 aromatic carbocycles. The molecule has 0 amide bonds. The van der Waals surface area contributed by atoms with Crippen LogP contribution in [-0.4, -0.2) is 106 Å². The summed E-state index contributed by atoms with van der Waals surface area (Å²) in [6, 6.07) is 0. The van der Waals surface area contributed by atoms with Gasteiger partial charge in [-0.15, -0.1) is 0 Å². The molecule has 0 spiro atoms. The maximum Gasteiger partial charge on any atom is 0.472 e. The molecule has 0 saturated heterocycles. The highest BCUT2D eigenvalue weighted by atomic mass is 31.2. The summed E-state index contributed by atoms with van der Waals surface area (Å²) in [5.74, 6) is -3.04. The number of nitrogens with zero attached hydrogens (tertiary/aromatic N) is 1. The molecule has 4 unspecified atom stereocenters. The zero-order chi connectivity index (χ0) is 52.9. The lowest BCUT2D eigenvalue weighted by molar-refractivity contribution is -0.873. The lowest BCUT2D eigenvalue weighted by Gasteiger charge is -2.30. The molecule has 452 valence electrons. The molecule has 75 heavy (non-hydrogen) atoms. The lowest BCUT2D eigenvalue weighted by Crippen LogP contribution is -2.44. The quantitative estimate of drug-likeness (QED) is 0.0152. The Morgan fingerprint density at radius 1 is 0.520 bits per heavy atom. The Morgan fingerprint density at radius 2 is 0.920 bits per heavy atom. The second-order valence-electron chi connectivity index (χ2n) is 21.6. The number of quaternary nitrogens is 1. The van der Waals surface area contributed by atoms with Gasteiger partial charge in [-0.25, -0.2) is 4.57 Å². The monoisotopic (exact) mass is 1100 g/mol. The van der Waals surface area contributed by atoms with Gasteiger partial charge in [-0.2, -0.15) is 0 Å². The first-order valence-corrected chi connectivity index (χ1v) is 30.2. The maximum absolute atomic E-state index is 12.9. The van der Waals surface area contributed by atoms with Gasteiger partial charge >= 0.3 is 25.7 Å². The predicted octanol–water partition coefficient (Wildman–Crippen LogP) is 15.3. The van der Waals surface area contributed by atoms with Gasteiger partial charge in [0.1, 0.15) is 19.3 Å². The molecular weight excluding hydrogens is 974 g/mol. The van der Waals surface area contributed by atoms with Crippen molar-refractivity contribution in [2.24, 2.45) is 11.8 Å². The van der Waals surface area contributed by atoms with Gasteiger partial charge in [0.2, 0.25) is 0 Å². The minimum absolute atomic E-state index is 0. The minimum Gasteiger partial charge on any atom is -0.550 e. The van der Waals surface area contributed by atoms with Crippen molar-refractivity contribution >= 4 is 31.7 Å². The number of carbonyl (C=O) groups is 4. The molecule has 0 rings (SSSR count). The van der Waals surface area contributed by atoms with Crippen LogP contribution < -0.4 is 5.11 Å². The van der Waals surface area contributed by atoms with Crippen LogP contribution in [0.3, 0.4) is 0 Å². The van der Waals surface area contributed by atoms with Crippen molar-refractivity contribution in [3.8, 4) is 0 Å². The van der Waals surface area contributed by atoms with Gasteiger partial charge in [-0.1, -0.05) is 230 Å². The fraction of sp³-hybridized carbons (Fsp3) is 0.917. The van der Waals surface area contributed by atoms with E-state index in [9.17, 15) is 33.7 Å². The normalized spacial score (nSPS) is 13.6. The van der Waals surface area contributed by atoms with E-state index in [2.05, 4.69) is 13.8 Å². The van der Waals surface area contributed by atoms with Gasteiger partial charge in [-0.3, -0.25) is 23.4 Å². The summed E-state index contributed by atoms with van der Waals surface area (Å²) >= 11 is 0. The van der Waals surface area contributed by atoms with Crippen LogP contribution in [0, 0.1) is 19.3 Å². The van der Waals surface area contributed by atoms with E-state index >= 15 is 0 Å². The molecule has 0 aliphatic heterocycles. The Kier molecular flexibility index (Phi) is 60.2. The third-order valence-electron chi connectivity index (χ3n) is 12.8. The van der Waals surface area contributed by atoms with Crippen molar-refractivity contribution in [3.05, 3.63) is 7.43 Å². The number of likely N-dealkylation sites (N-methyl/N-ethyl adjacent to an activating group) is 1. The van der Waals surface area contributed by atoms with Crippen molar-refractivity contribution < 1.29 is 66.2 Å². The number of unbranched alkanes of at least 4 members (excludes halogenated alkanes) is 28. The molecule has 0 heterocycles. The fourth-order valence-corrected chi connectivity index (χ4v) is 9.50. The highest BCUT2D eigenvalue weighted by molar-refractivity contribution is 7.47. The predicted molar refractivity (Wildman–Crippen MR) is 309 cm³/mol. The van der Waals surface area contributed by atoms with E-state index in [-0.39, 0.29) is 87.7 Å². The van der Waals surface area contributed by atoms with Gasteiger partial charge in [0.15, 0.2) is 6.10 Å². The Hall–Kier alpha value is -2.09. The standard InChI is InChI=1S/C56H108NO13P.3CH4.CH3/c1-8-10-12-14-16-18-20-22-24-26-28-30-32-34-36-39-54(60)67-47-52(70-55(61)40-37-35-33-31-29-27-25-23-21-19-17-15-13-11-9-2)48-69-71(63,64)68-42-38-41-65-56(62)50(4)43-49(3)46-66-51(44-53(58)59)45-57(5,6)7;;;;/h49-52H,8-48H2,1-7H3,(H-,58,59,63,64);3*1H4;1H3/q;;;;-1/t49?,50?,51?,52-;;;;/m1..../s1. The van der Waals surface area contributed by atoms with Crippen molar-refractivity contribution in [3.63, 3.8) is 0 Å². The number of carboxylic acid groups (broad SMARTS) is 1. The molecule has 0 saturated carbocycles. The summed E-state index contributed by atoms with van der Waals surface area (Å²) in [6.07, 6.45) is 35.7. The van der Waals surface area contributed by atoms with Crippen molar-refractivity contribution in [1.82, 2.24) is 0 Å². The highest BCUT2D eigenvalue weighted by Crippen LogP contribution is 2.43. The summed E-state index contributed by atoms with van der Waals surface area (Å²) in [6.45, 7) is 7.80. The Bertz CT molecular complexity index is 1350. The van der Waals surface area contributed by atoms with Crippen LogP contribution in [0.1, 0.15) is 275 Å². The maximum atomic E-state index is 12.9. The van der Waals surface area contributed by atoms with Crippen LogP contribution in [0.15, 0.2) is 0 Å². The van der Waals surface area contributed by atoms with E-state index in [1.165, 1.54) is 141 Å². The second-order valence-corrected chi connectivity index (χ2v) is 23.0. The number of phosphoric ester groups is 1. The first-order chi connectivity index (χ1) is 34.0. The number of phosphoric acid groups is 1. The van der Waals surface area contributed by atoms with Gasteiger partial charge in [-0.05, 0) is 25.2 Å². The zero-order valence-corrected chi connectivity index (χ0v) is 48.4. The number of esters is 3. The average Bonchev–Trinajstić information content (AvgIpc) is 3.30. The van der Waals surface area contributed by atoms with E-state index in [1.54, 1.807) is 6.92 Å². The van der Waals surface area contributed by atoms with Crippen LogP contribution in [0.2, 0.25) is 0 Å². The topological polar surface area (TPSA) is 184 Å².